The first kappa shape index (κ1) is 36.9. The topological polar surface area (TPSA) is 91.4 Å². The van der Waals surface area contributed by atoms with Gasteiger partial charge in [-0.1, -0.05) is 90.9 Å². The van der Waals surface area contributed by atoms with Crippen LogP contribution in [-0.4, -0.2) is 49.2 Å². The second-order valence-corrected chi connectivity index (χ2v) is 12.3. The molecule has 46 heavy (non-hydrogen) atoms. The quantitative estimate of drug-likeness (QED) is 0.0765. The van der Waals surface area contributed by atoms with E-state index in [0.717, 1.165) is 25.0 Å². The van der Waals surface area contributed by atoms with E-state index < -0.39 is 5.97 Å². The first-order valence-electron chi connectivity index (χ1n) is 17.7. The van der Waals surface area contributed by atoms with Crippen molar-refractivity contribution in [3.05, 3.63) is 54.1 Å². The van der Waals surface area contributed by atoms with Crippen LogP contribution in [0.1, 0.15) is 127 Å². The third-order valence-electron chi connectivity index (χ3n) is 8.42. The van der Waals surface area contributed by atoms with Gasteiger partial charge in [0.2, 0.25) is 0 Å². The van der Waals surface area contributed by atoms with Crippen LogP contribution in [0.5, 0.6) is 17.2 Å². The molecule has 1 aliphatic rings. The SMILES string of the molecule is CCCCCCCCCCOc1ccc(OC(=O)c2ccc(OC(=O)C3CCN(C(=O)OCCCCCCCC)CC3)cc2)cc1. The van der Waals surface area contributed by atoms with Crippen molar-refractivity contribution in [3.8, 4) is 17.2 Å². The zero-order chi connectivity index (χ0) is 32.8. The largest absolute Gasteiger partial charge is 0.494 e. The molecule has 0 spiro atoms. The molecular weight excluding hydrogens is 582 g/mol. The van der Waals surface area contributed by atoms with Crippen LogP contribution in [0.3, 0.4) is 0 Å². The van der Waals surface area contributed by atoms with Gasteiger partial charge in [0.05, 0.1) is 24.7 Å². The highest BCUT2D eigenvalue weighted by Crippen LogP contribution is 2.23. The maximum Gasteiger partial charge on any atom is 0.409 e. The predicted octanol–water partition coefficient (Wildman–Crippen LogP) is 9.54. The van der Waals surface area contributed by atoms with E-state index >= 15 is 0 Å². The lowest BCUT2D eigenvalue weighted by Gasteiger charge is -2.30. The van der Waals surface area contributed by atoms with Crippen molar-refractivity contribution in [1.29, 1.82) is 0 Å². The highest BCUT2D eigenvalue weighted by Gasteiger charge is 2.29. The minimum Gasteiger partial charge on any atom is -0.494 e. The molecule has 2 aromatic carbocycles. The van der Waals surface area contributed by atoms with E-state index in [4.69, 9.17) is 18.9 Å². The fourth-order valence-electron chi connectivity index (χ4n) is 5.49. The minimum absolute atomic E-state index is 0.292. The Kier molecular flexibility index (Phi) is 17.7. The first-order chi connectivity index (χ1) is 22.5. The third-order valence-corrected chi connectivity index (χ3v) is 8.42. The van der Waals surface area contributed by atoms with Crippen LogP contribution in [0.4, 0.5) is 4.79 Å². The monoisotopic (exact) mass is 637 g/mol. The van der Waals surface area contributed by atoms with E-state index in [1.165, 1.54) is 70.6 Å². The summed E-state index contributed by atoms with van der Waals surface area (Å²) in [7, 11) is 0. The number of carbonyl (C=O) groups excluding carboxylic acids is 3. The molecule has 0 radical (unpaired) electrons. The molecule has 1 saturated heterocycles. The van der Waals surface area contributed by atoms with Crippen molar-refractivity contribution >= 4 is 18.0 Å². The number of carbonyl (C=O) groups is 3. The van der Waals surface area contributed by atoms with Crippen LogP contribution in [-0.2, 0) is 9.53 Å². The Hall–Kier alpha value is -3.55. The highest BCUT2D eigenvalue weighted by atomic mass is 16.6. The van der Waals surface area contributed by atoms with Crippen molar-refractivity contribution in [2.24, 2.45) is 5.92 Å². The molecule has 1 aliphatic heterocycles. The van der Waals surface area contributed by atoms with Gasteiger partial charge in [0.1, 0.15) is 17.2 Å². The van der Waals surface area contributed by atoms with Crippen molar-refractivity contribution in [1.82, 2.24) is 4.90 Å². The standard InChI is InChI=1S/C38H55NO7/c1-3-5-7-9-11-12-14-15-29-43-33-21-23-35(24-22-33)46-36(40)31-17-19-34(20-18-31)45-37(41)32-25-27-39(28-26-32)38(42)44-30-16-13-10-8-6-4-2/h17-24,32H,3-16,25-30H2,1-2H3. The summed E-state index contributed by atoms with van der Waals surface area (Å²) in [6.45, 7) is 6.48. The van der Waals surface area contributed by atoms with Gasteiger partial charge in [0, 0.05) is 13.1 Å². The zero-order valence-electron chi connectivity index (χ0n) is 28.1. The van der Waals surface area contributed by atoms with Crippen LogP contribution in [0, 0.1) is 5.92 Å². The summed E-state index contributed by atoms with van der Waals surface area (Å²) in [5.74, 6) is 0.418. The molecular formula is C38H55NO7. The fourth-order valence-corrected chi connectivity index (χ4v) is 5.49. The number of likely N-dealkylation sites (tertiary alicyclic amines) is 1. The Morgan fingerprint density at radius 3 is 1.67 bits per heavy atom. The molecule has 1 heterocycles. The molecule has 0 saturated carbocycles. The summed E-state index contributed by atoms with van der Waals surface area (Å²) in [4.78, 5) is 39.4. The van der Waals surface area contributed by atoms with Gasteiger partial charge >= 0.3 is 18.0 Å². The number of nitrogens with zero attached hydrogens (tertiary/aromatic N) is 1. The third kappa shape index (κ3) is 14.3. The van der Waals surface area contributed by atoms with Gasteiger partial charge in [-0.15, -0.1) is 0 Å². The zero-order valence-corrected chi connectivity index (χ0v) is 28.1. The Bertz CT molecular complexity index is 1140. The Balaban J connectivity index is 1.30. The van der Waals surface area contributed by atoms with E-state index in [-0.39, 0.29) is 18.0 Å². The van der Waals surface area contributed by atoms with Gasteiger partial charge in [0.15, 0.2) is 0 Å². The normalized spacial score (nSPS) is 13.3. The summed E-state index contributed by atoms with van der Waals surface area (Å²) < 4.78 is 22.3. The Labute approximate surface area is 276 Å². The van der Waals surface area contributed by atoms with Gasteiger partial charge in [-0.25, -0.2) is 9.59 Å². The minimum atomic E-state index is -0.499. The summed E-state index contributed by atoms with van der Waals surface area (Å²) in [6.07, 6.45) is 17.6. The predicted molar refractivity (Wildman–Crippen MR) is 181 cm³/mol. The molecule has 1 fully saturated rings. The summed E-state index contributed by atoms with van der Waals surface area (Å²) in [6, 6.07) is 13.4. The van der Waals surface area contributed by atoms with Gasteiger partial charge in [0.25, 0.3) is 0 Å². The number of ether oxygens (including phenoxy) is 4. The van der Waals surface area contributed by atoms with Crippen molar-refractivity contribution in [3.63, 3.8) is 0 Å². The second-order valence-electron chi connectivity index (χ2n) is 12.3. The van der Waals surface area contributed by atoms with Crippen LogP contribution >= 0.6 is 0 Å². The van der Waals surface area contributed by atoms with E-state index in [2.05, 4.69) is 13.8 Å². The summed E-state index contributed by atoms with van der Waals surface area (Å²) in [5.41, 5.74) is 0.350. The molecule has 3 rings (SSSR count). The smallest absolute Gasteiger partial charge is 0.409 e. The molecule has 0 unspecified atom stereocenters. The van der Waals surface area contributed by atoms with Gasteiger partial charge in [-0.3, -0.25) is 4.79 Å². The Morgan fingerprint density at radius 1 is 0.609 bits per heavy atom. The average Bonchev–Trinajstić information content (AvgIpc) is 3.08. The lowest BCUT2D eigenvalue weighted by molar-refractivity contribution is -0.140. The molecule has 2 aromatic rings. The van der Waals surface area contributed by atoms with E-state index in [1.807, 2.05) is 0 Å². The maximum atomic E-state index is 12.7. The Morgan fingerprint density at radius 2 is 1.09 bits per heavy atom. The van der Waals surface area contributed by atoms with Crippen molar-refractivity contribution < 1.29 is 33.3 Å². The molecule has 8 nitrogen and oxygen atoms in total. The molecule has 0 atom stereocenters. The van der Waals surface area contributed by atoms with Crippen molar-refractivity contribution in [2.45, 2.75) is 117 Å². The maximum absolute atomic E-state index is 12.7. The first-order valence-corrected chi connectivity index (χ1v) is 17.7. The number of benzene rings is 2. The number of amides is 1. The van der Waals surface area contributed by atoms with Gasteiger partial charge in [-0.2, -0.15) is 0 Å². The van der Waals surface area contributed by atoms with E-state index in [0.29, 0.717) is 56.2 Å². The number of hydrogen-bond acceptors (Lipinski definition) is 7. The van der Waals surface area contributed by atoms with Crippen LogP contribution in [0.2, 0.25) is 0 Å². The number of rotatable bonds is 21. The van der Waals surface area contributed by atoms with Crippen LogP contribution in [0.15, 0.2) is 48.5 Å². The number of hydrogen-bond donors (Lipinski definition) is 0. The molecule has 0 bridgehead atoms. The second kappa shape index (κ2) is 22.1. The highest BCUT2D eigenvalue weighted by molar-refractivity contribution is 5.91. The average molecular weight is 638 g/mol. The van der Waals surface area contributed by atoms with Crippen LogP contribution in [0.25, 0.3) is 0 Å². The van der Waals surface area contributed by atoms with Crippen molar-refractivity contribution in [2.75, 3.05) is 26.3 Å². The molecule has 8 heteroatoms. The number of unbranched alkanes of at least 4 members (excludes halogenated alkanes) is 12. The van der Waals surface area contributed by atoms with E-state index in [1.54, 1.807) is 53.4 Å². The fraction of sp³-hybridized carbons (Fsp3) is 0.605. The molecule has 0 aromatic heterocycles. The van der Waals surface area contributed by atoms with Gasteiger partial charge in [-0.05, 0) is 74.2 Å². The molecule has 0 aliphatic carbocycles. The van der Waals surface area contributed by atoms with Crippen LogP contribution < -0.4 is 14.2 Å². The lowest BCUT2D eigenvalue weighted by Crippen LogP contribution is -2.41. The van der Waals surface area contributed by atoms with Gasteiger partial charge < -0.3 is 23.8 Å². The lowest BCUT2D eigenvalue weighted by atomic mass is 9.97. The molecule has 1 amide bonds. The summed E-state index contributed by atoms with van der Waals surface area (Å²) in [5, 5.41) is 0. The molecule has 254 valence electrons. The molecule has 0 N–H and O–H groups in total. The number of esters is 2. The number of piperidine rings is 1. The summed E-state index contributed by atoms with van der Waals surface area (Å²) >= 11 is 0. The van der Waals surface area contributed by atoms with E-state index in [9.17, 15) is 14.4 Å².